The minimum absolute atomic E-state index is 0.110. The minimum atomic E-state index is 0.110. The van der Waals surface area contributed by atoms with Crippen molar-refractivity contribution in [2.75, 3.05) is 20.0 Å². The molecule has 0 aliphatic rings. The van der Waals surface area contributed by atoms with Gasteiger partial charge in [0.05, 0.1) is 36.3 Å². The van der Waals surface area contributed by atoms with Gasteiger partial charge in [-0.2, -0.15) is 0 Å². The highest BCUT2D eigenvalue weighted by molar-refractivity contribution is 6.12. The second-order valence-electron chi connectivity index (χ2n) is 6.12. The molecule has 6 heteroatoms. The van der Waals surface area contributed by atoms with Gasteiger partial charge in [-0.25, -0.2) is 4.98 Å². The molecule has 0 saturated heterocycles. The first-order chi connectivity index (χ1) is 12.5. The lowest BCUT2D eigenvalue weighted by atomic mass is 9.99. The molecule has 4 aromatic rings. The van der Waals surface area contributed by atoms with Crippen LogP contribution in [0.1, 0.15) is 0 Å². The van der Waals surface area contributed by atoms with Gasteiger partial charge in [-0.3, -0.25) is 0 Å². The van der Waals surface area contributed by atoms with Gasteiger partial charge in [0.1, 0.15) is 11.5 Å². The highest BCUT2D eigenvalue weighted by Gasteiger charge is 2.18. The van der Waals surface area contributed by atoms with Gasteiger partial charge < -0.3 is 24.9 Å². The van der Waals surface area contributed by atoms with Gasteiger partial charge in [-0.05, 0) is 12.1 Å². The summed E-state index contributed by atoms with van der Waals surface area (Å²) in [5, 5.41) is 11.6. The fourth-order valence-electron chi connectivity index (χ4n) is 3.32. The normalized spacial score (nSPS) is 11.2. The summed E-state index contributed by atoms with van der Waals surface area (Å²) in [5.74, 6) is 1.52. The second kappa shape index (κ2) is 5.84. The maximum absolute atomic E-state index is 10.3. The number of hydrogen-bond donors (Lipinski definition) is 2. The number of pyridine rings is 1. The van der Waals surface area contributed by atoms with Crippen LogP contribution in [0.3, 0.4) is 0 Å². The Morgan fingerprint density at radius 3 is 2.62 bits per heavy atom. The number of methoxy groups -OCH3 is 2. The van der Waals surface area contributed by atoms with Crippen molar-refractivity contribution in [2.45, 2.75) is 0 Å². The van der Waals surface area contributed by atoms with Gasteiger partial charge in [0.2, 0.25) is 5.88 Å². The minimum Gasteiger partial charge on any atom is -0.497 e. The third-order valence-corrected chi connectivity index (χ3v) is 4.66. The van der Waals surface area contributed by atoms with Crippen molar-refractivity contribution < 1.29 is 14.6 Å². The fraction of sp³-hybridized carbons (Fsp3) is 0.150. The molecule has 0 aliphatic heterocycles. The van der Waals surface area contributed by atoms with E-state index >= 15 is 0 Å². The van der Waals surface area contributed by atoms with E-state index in [1.807, 2.05) is 36.4 Å². The van der Waals surface area contributed by atoms with Crippen LogP contribution in [-0.4, -0.2) is 28.9 Å². The van der Waals surface area contributed by atoms with E-state index in [1.165, 1.54) is 0 Å². The van der Waals surface area contributed by atoms with Crippen LogP contribution in [0.4, 0.5) is 5.69 Å². The predicted molar refractivity (Wildman–Crippen MR) is 103 cm³/mol. The first-order valence-corrected chi connectivity index (χ1v) is 8.13. The van der Waals surface area contributed by atoms with E-state index in [-0.39, 0.29) is 5.88 Å². The number of benzene rings is 2. The number of aromatic hydroxyl groups is 1. The number of para-hydroxylation sites is 1. The summed E-state index contributed by atoms with van der Waals surface area (Å²) in [6.07, 6.45) is 1.77. The standard InChI is InChI=1S/C20H19N3O3/c1-23-10-15-17(20(23)24)18(21)14-6-4-5-13(19(14)22-15)12-8-7-11(25-2)9-16(12)26-3/h4-10,24H,21H2,1-3H3. The van der Waals surface area contributed by atoms with E-state index in [0.717, 1.165) is 22.0 Å². The molecular weight excluding hydrogens is 330 g/mol. The van der Waals surface area contributed by atoms with Crippen molar-refractivity contribution in [1.29, 1.82) is 0 Å². The zero-order chi connectivity index (χ0) is 18.4. The summed E-state index contributed by atoms with van der Waals surface area (Å²) in [4.78, 5) is 4.77. The zero-order valence-corrected chi connectivity index (χ0v) is 14.8. The Bertz CT molecular complexity index is 1150. The van der Waals surface area contributed by atoms with E-state index < -0.39 is 0 Å². The van der Waals surface area contributed by atoms with Crippen LogP contribution in [0.5, 0.6) is 17.4 Å². The number of anilines is 1. The topological polar surface area (TPSA) is 82.5 Å². The first-order valence-electron chi connectivity index (χ1n) is 8.13. The predicted octanol–water partition coefficient (Wildman–Crippen LogP) is 3.70. The zero-order valence-electron chi connectivity index (χ0n) is 14.8. The molecule has 0 saturated carbocycles. The Hall–Kier alpha value is -3.41. The smallest absolute Gasteiger partial charge is 0.202 e. The third-order valence-electron chi connectivity index (χ3n) is 4.66. The molecular formula is C20H19N3O3. The van der Waals surface area contributed by atoms with Crippen LogP contribution in [-0.2, 0) is 7.05 Å². The van der Waals surface area contributed by atoms with Gasteiger partial charge >= 0.3 is 0 Å². The monoisotopic (exact) mass is 349 g/mol. The molecule has 132 valence electrons. The van der Waals surface area contributed by atoms with Gasteiger partial charge in [0, 0.05) is 35.8 Å². The highest BCUT2D eigenvalue weighted by atomic mass is 16.5. The number of ether oxygens (including phenoxy) is 2. The van der Waals surface area contributed by atoms with Crippen LogP contribution in [0, 0.1) is 0 Å². The van der Waals surface area contributed by atoms with Crippen molar-refractivity contribution in [3.63, 3.8) is 0 Å². The van der Waals surface area contributed by atoms with E-state index in [1.54, 1.807) is 32.0 Å². The molecule has 2 aromatic heterocycles. The Balaban J connectivity index is 2.07. The molecule has 0 amide bonds. The van der Waals surface area contributed by atoms with Crippen LogP contribution >= 0.6 is 0 Å². The number of aromatic nitrogens is 2. The van der Waals surface area contributed by atoms with Gasteiger partial charge in [0.15, 0.2) is 0 Å². The molecule has 0 unspecified atom stereocenters. The van der Waals surface area contributed by atoms with Crippen LogP contribution in [0.2, 0.25) is 0 Å². The number of nitrogens with two attached hydrogens (primary N) is 1. The van der Waals surface area contributed by atoms with Crippen molar-refractivity contribution in [3.05, 3.63) is 42.6 Å². The summed E-state index contributed by atoms with van der Waals surface area (Å²) in [6, 6.07) is 11.5. The van der Waals surface area contributed by atoms with E-state index in [2.05, 4.69) is 0 Å². The Morgan fingerprint density at radius 1 is 1.08 bits per heavy atom. The molecule has 26 heavy (non-hydrogen) atoms. The summed E-state index contributed by atoms with van der Waals surface area (Å²) >= 11 is 0. The first kappa shape index (κ1) is 16.1. The molecule has 2 aromatic carbocycles. The molecule has 0 spiro atoms. The lowest BCUT2D eigenvalue weighted by Crippen LogP contribution is -1.95. The fourth-order valence-corrected chi connectivity index (χ4v) is 3.32. The Labute approximate surface area is 150 Å². The summed E-state index contributed by atoms with van der Waals surface area (Å²) in [7, 11) is 5.00. The molecule has 0 radical (unpaired) electrons. The average molecular weight is 349 g/mol. The SMILES string of the molecule is COc1ccc(-c2cccc3c(N)c4c(O)n(C)cc4nc23)c(OC)c1. The van der Waals surface area contributed by atoms with E-state index in [0.29, 0.717) is 28.1 Å². The van der Waals surface area contributed by atoms with Gasteiger partial charge in [-0.15, -0.1) is 0 Å². The third kappa shape index (κ3) is 2.23. The number of hydrogen-bond acceptors (Lipinski definition) is 5. The van der Waals surface area contributed by atoms with Crippen LogP contribution in [0.25, 0.3) is 32.9 Å². The molecule has 3 N–H and O–H groups in total. The Kier molecular flexibility index (Phi) is 3.61. The maximum Gasteiger partial charge on any atom is 0.202 e. The van der Waals surface area contributed by atoms with E-state index in [9.17, 15) is 5.11 Å². The summed E-state index contributed by atoms with van der Waals surface area (Å²) < 4.78 is 12.4. The number of rotatable bonds is 3. The van der Waals surface area contributed by atoms with Crippen molar-refractivity contribution in [3.8, 4) is 28.5 Å². The molecule has 6 nitrogen and oxygen atoms in total. The number of aryl methyl sites for hydroxylation is 1. The van der Waals surface area contributed by atoms with Gasteiger partial charge in [-0.1, -0.05) is 18.2 Å². The molecule has 4 rings (SSSR count). The second-order valence-corrected chi connectivity index (χ2v) is 6.12. The molecule has 2 heterocycles. The highest BCUT2D eigenvalue weighted by Crippen LogP contribution is 2.41. The summed E-state index contributed by atoms with van der Waals surface area (Å²) in [6.45, 7) is 0. The van der Waals surface area contributed by atoms with E-state index in [4.69, 9.17) is 20.2 Å². The number of nitrogen functional groups attached to an aromatic ring is 1. The maximum atomic E-state index is 10.3. The average Bonchev–Trinajstić information content (AvgIpc) is 2.95. The number of nitrogens with zero attached hydrogens (tertiary/aromatic N) is 2. The van der Waals surface area contributed by atoms with Crippen LogP contribution in [0.15, 0.2) is 42.6 Å². The lowest BCUT2D eigenvalue weighted by molar-refractivity contribution is 0.395. The lowest BCUT2D eigenvalue weighted by Gasteiger charge is -2.13. The Morgan fingerprint density at radius 2 is 1.88 bits per heavy atom. The quantitative estimate of drug-likeness (QED) is 0.589. The van der Waals surface area contributed by atoms with Crippen molar-refractivity contribution >= 4 is 27.5 Å². The molecule has 0 atom stereocenters. The van der Waals surface area contributed by atoms with Crippen LogP contribution < -0.4 is 15.2 Å². The molecule has 0 bridgehead atoms. The summed E-state index contributed by atoms with van der Waals surface area (Å²) in [5.41, 5.74) is 10.1. The van der Waals surface area contributed by atoms with Crippen molar-refractivity contribution in [2.24, 2.45) is 7.05 Å². The van der Waals surface area contributed by atoms with Crippen molar-refractivity contribution in [1.82, 2.24) is 9.55 Å². The largest absolute Gasteiger partial charge is 0.497 e. The molecule has 0 fully saturated rings. The number of fused-ring (bicyclic) bond motifs is 2. The van der Waals surface area contributed by atoms with Gasteiger partial charge in [0.25, 0.3) is 0 Å². The molecule has 0 aliphatic carbocycles.